The number of piperazine rings is 1. The summed E-state index contributed by atoms with van der Waals surface area (Å²) in [5.41, 5.74) is 0. The molecule has 0 aliphatic carbocycles. The Morgan fingerprint density at radius 2 is 2.19 bits per heavy atom. The normalized spacial score (nSPS) is 34.1. The zero-order valence-corrected chi connectivity index (χ0v) is 10.7. The van der Waals surface area contributed by atoms with Gasteiger partial charge < -0.3 is 0 Å². The van der Waals surface area contributed by atoms with Crippen molar-refractivity contribution in [1.82, 2.24) is 9.80 Å². The van der Waals surface area contributed by atoms with E-state index in [1.807, 2.05) is 0 Å². The molecule has 3 unspecified atom stereocenters. The van der Waals surface area contributed by atoms with Gasteiger partial charge in [0.15, 0.2) is 0 Å². The first-order valence-electron chi connectivity index (χ1n) is 6.72. The van der Waals surface area contributed by atoms with Crippen LogP contribution >= 0.6 is 0 Å². The third-order valence-corrected chi connectivity index (χ3v) is 4.29. The molecule has 0 spiro atoms. The van der Waals surface area contributed by atoms with Crippen molar-refractivity contribution in [1.29, 1.82) is 0 Å². The van der Waals surface area contributed by atoms with Gasteiger partial charge in [-0.3, -0.25) is 9.80 Å². The number of terminal acetylenes is 1. The van der Waals surface area contributed by atoms with Crippen LogP contribution in [0.4, 0.5) is 0 Å². The summed E-state index contributed by atoms with van der Waals surface area (Å²) in [7, 11) is 0. The third-order valence-electron chi connectivity index (χ3n) is 4.29. The molecule has 0 saturated carbocycles. The van der Waals surface area contributed by atoms with Gasteiger partial charge in [0.25, 0.3) is 0 Å². The van der Waals surface area contributed by atoms with Crippen LogP contribution in [0.3, 0.4) is 0 Å². The van der Waals surface area contributed by atoms with Gasteiger partial charge in [0.1, 0.15) is 0 Å². The SMILES string of the molecule is C#CC(C)N1CC2CCCCN2CC1CC. The molecule has 0 bridgehead atoms. The topological polar surface area (TPSA) is 6.48 Å². The highest BCUT2D eigenvalue weighted by Crippen LogP contribution is 2.26. The van der Waals surface area contributed by atoms with Crippen LogP contribution in [0.1, 0.15) is 39.5 Å². The Morgan fingerprint density at radius 3 is 2.88 bits per heavy atom. The first-order valence-corrected chi connectivity index (χ1v) is 6.72. The molecule has 2 aliphatic rings. The minimum absolute atomic E-state index is 0.300. The molecular weight excluding hydrogens is 196 g/mol. The average Bonchev–Trinajstić information content (AvgIpc) is 2.36. The highest BCUT2D eigenvalue weighted by Gasteiger charge is 2.35. The molecule has 2 heteroatoms. The summed E-state index contributed by atoms with van der Waals surface area (Å²) in [4.78, 5) is 5.24. The first kappa shape index (κ1) is 12.0. The number of rotatable bonds is 2. The van der Waals surface area contributed by atoms with Crippen LogP contribution in [0, 0.1) is 12.3 Å². The number of hydrogen-bond acceptors (Lipinski definition) is 2. The Balaban J connectivity index is 2.05. The fourth-order valence-electron chi connectivity index (χ4n) is 3.21. The molecule has 0 aromatic rings. The van der Waals surface area contributed by atoms with Crippen molar-refractivity contribution in [2.75, 3.05) is 19.6 Å². The monoisotopic (exact) mass is 220 g/mol. The van der Waals surface area contributed by atoms with Crippen molar-refractivity contribution in [2.24, 2.45) is 0 Å². The van der Waals surface area contributed by atoms with Crippen LogP contribution in [-0.4, -0.2) is 47.6 Å². The number of fused-ring (bicyclic) bond motifs is 1. The Morgan fingerprint density at radius 1 is 1.38 bits per heavy atom. The van der Waals surface area contributed by atoms with Crippen molar-refractivity contribution < 1.29 is 0 Å². The Kier molecular flexibility index (Phi) is 3.89. The van der Waals surface area contributed by atoms with E-state index in [1.165, 1.54) is 45.3 Å². The van der Waals surface area contributed by atoms with Crippen molar-refractivity contribution in [3.8, 4) is 12.3 Å². The molecular formula is C14H24N2. The van der Waals surface area contributed by atoms with Gasteiger partial charge in [-0.1, -0.05) is 19.3 Å². The molecule has 0 aromatic carbocycles. The number of nitrogens with zero attached hydrogens (tertiary/aromatic N) is 2. The molecule has 2 nitrogen and oxygen atoms in total. The van der Waals surface area contributed by atoms with E-state index in [9.17, 15) is 0 Å². The van der Waals surface area contributed by atoms with Gasteiger partial charge in [0.05, 0.1) is 6.04 Å². The van der Waals surface area contributed by atoms with E-state index in [4.69, 9.17) is 6.42 Å². The second-order valence-electron chi connectivity index (χ2n) is 5.25. The smallest absolute Gasteiger partial charge is 0.0686 e. The van der Waals surface area contributed by atoms with Gasteiger partial charge in [0, 0.05) is 25.2 Å². The molecule has 16 heavy (non-hydrogen) atoms. The molecule has 3 atom stereocenters. The van der Waals surface area contributed by atoms with Crippen molar-refractivity contribution >= 4 is 0 Å². The van der Waals surface area contributed by atoms with E-state index in [2.05, 4.69) is 29.6 Å². The average molecular weight is 220 g/mol. The zero-order valence-electron chi connectivity index (χ0n) is 10.7. The van der Waals surface area contributed by atoms with Crippen LogP contribution < -0.4 is 0 Å². The lowest BCUT2D eigenvalue weighted by molar-refractivity contribution is -0.000980. The molecule has 0 N–H and O–H groups in total. The van der Waals surface area contributed by atoms with Gasteiger partial charge >= 0.3 is 0 Å². The minimum Gasteiger partial charge on any atom is -0.298 e. The molecule has 2 rings (SSSR count). The quantitative estimate of drug-likeness (QED) is 0.656. The molecule has 0 amide bonds. The lowest BCUT2D eigenvalue weighted by atomic mass is 9.95. The van der Waals surface area contributed by atoms with Crippen LogP contribution in [0.15, 0.2) is 0 Å². The van der Waals surface area contributed by atoms with Gasteiger partial charge in [-0.2, -0.15) is 0 Å². The standard InChI is InChI=1S/C14H24N2/c1-4-12(3)16-11-14-8-6-7-9-15(14)10-13(16)5-2/h1,12-14H,5-11H2,2-3H3. The molecule has 2 saturated heterocycles. The predicted molar refractivity (Wildman–Crippen MR) is 68.3 cm³/mol. The highest BCUT2D eigenvalue weighted by atomic mass is 15.3. The largest absolute Gasteiger partial charge is 0.298 e. The van der Waals surface area contributed by atoms with Gasteiger partial charge in [0.2, 0.25) is 0 Å². The maximum atomic E-state index is 5.58. The zero-order chi connectivity index (χ0) is 11.5. The summed E-state index contributed by atoms with van der Waals surface area (Å²) in [6.07, 6.45) is 11.0. The van der Waals surface area contributed by atoms with E-state index in [-0.39, 0.29) is 0 Å². The maximum absolute atomic E-state index is 5.58. The van der Waals surface area contributed by atoms with E-state index in [1.54, 1.807) is 0 Å². The van der Waals surface area contributed by atoms with Crippen molar-refractivity contribution in [3.63, 3.8) is 0 Å². The summed E-state index contributed by atoms with van der Waals surface area (Å²) in [5, 5.41) is 0. The first-order chi connectivity index (χ1) is 7.76. The minimum atomic E-state index is 0.300. The summed E-state index contributed by atoms with van der Waals surface area (Å²) < 4.78 is 0. The van der Waals surface area contributed by atoms with Crippen LogP contribution in [-0.2, 0) is 0 Å². The van der Waals surface area contributed by atoms with E-state index >= 15 is 0 Å². The summed E-state index contributed by atoms with van der Waals surface area (Å²) in [6, 6.07) is 1.74. The molecule has 0 aromatic heterocycles. The highest BCUT2D eigenvalue weighted by molar-refractivity contribution is 5.02. The number of hydrogen-bond donors (Lipinski definition) is 0. The van der Waals surface area contributed by atoms with Crippen LogP contribution in [0.5, 0.6) is 0 Å². The Labute approximate surface area is 100.0 Å². The third kappa shape index (κ3) is 2.26. The molecule has 2 aliphatic heterocycles. The van der Waals surface area contributed by atoms with Crippen molar-refractivity contribution in [2.45, 2.75) is 57.7 Å². The van der Waals surface area contributed by atoms with Gasteiger partial charge in [-0.05, 0) is 32.7 Å². The van der Waals surface area contributed by atoms with Crippen LogP contribution in [0.2, 0.25) is 0 Å². The second-order valence-corrected chi connectivity index (χ2v) is 5.25. The summed E-state index contributed by atoms with van der Waals surface area (Å²) in [6.45, 7) is 8.17. The summed E-state index contributed by atoms with van der Waals surface area (Å²) in [5.74, 6) is 2.90. The van der Waals surface area contributed by atoms with Gasteiger partial charge in [-0.15, -0.1) is 6.42 Å². The number of piperidine rings is 1. The molecule has 0 radical (unpaired) electrons. The lowest BCUT2D eigenvalue weighted by Crippen LogP contribution is -2.61. The van der Waals surface area contributed by atoms with E-state index in [0.717, 1.165) is 6.04 Å². The Bertz CT molecular complexity index is 268. The molecule has 2 heterocycles. The maximum Gasteiger partial charge on any atom is 0.0686 e. The van der Waals surface area contributed by atoms with E-state index in [0.29, 0.717) is 12.1 Å². The van der Waals surface area contributed by atoms with Crippen molar-refractivity contribution in [3.05, 3.63) is 0 Å². The fraction of sp³-hybridized carbons (Fsp3) is 0.857. The van der Waals surface area contributed by atoms with Crippen LogP contribution in [0.25, 0.3) is 0 Å². The van der Waals surface area contributed by atoms with E-state index < -0.39 is 0 Å². The van der Waals surface area contributed by atoms with Gasteiger partial charge in [-0.25, -0.2) is 0 Å². The summed E-state index contributed by atoms with van der Waals surface area (Å²) >= 11 is 0. The predicted octanol–water partition coefficient (Wildman–Crippen LogP) is 1.96. The molecule has 2 fully saturated rings. The second kappa shape index (κ2) is 5.21. The molecule has 90 valence electrons. The Hall–Kier alpha value is -0.520. The lowest BCUT2D eigenvalue weighted by Gasteiger charge is -2.49. The fourth-order valence-corrected chi connectivity index (χ4v) is 3.21.